The van der Waals surface area contributed by atoms with Crippen LogP contribution in [0.5, 0.6) is 0 Å². The Kier molecular flexibility index (Phi) is 5.19. The summed E-state index contributed by atoms with van der Waals surface area (Å²) in [6.45, 7) is 2.91. The number of hydrogen-bond acceptors (Lipinski definition) is 2. The average Bonchev–Trinajstić information content (AvgIpc) is 2.22. The maximum atomic E-state index is 5.83. The number of halogens is 1. The molecule has 1 aromatic rings. The monoisotopic (exact) mass is 256 g/mol. The van der Waals surface area contributed by atoms with Crippen LogP contribution in [0.15, 0.2) is 24.3 Å². The van der Waals surface area contributed by atoms with E-state index in [-0.39, 0.29) is 6.04 Å². The number of nitrogens with two attached hydrogens (primary N) is 1. The van der Waals surface area contributed by atoms with E-state index in [1.54, 1.807) is 0 Å². The molecule has 2 nitrogen and oxygen atoms in total. The van der Waals surface area contributed by atoms with Crippen LogP contribution in [-0.4, -0.2) is 23.0 Å². The van der Waals surface area contributed by atoms with Gasteiger partial charge in [-0.15, -0.1) is 0 Å². The van der Waals surface area contributed by atoms with E-state index < -0.39 is 0 Å². The largest absolute Gasteiger partial charge is 0.392 e. The lowest BCUT2D eigenvalue weighted by atomic mass is 10.1. The van der Waals surface area contributed by atoms with E-state index in [1.165, 1.54) is 5.56 Å². The van der Waals surface area contributed by atoms with Crippen LogP contribution in [0.1, 0.15) is 18.9 Å². The van der Waals surface area contributed by atoms with E-state index in [9.17, 15) is 0 Å². The first-order chi connectivity index (χ1) is 7.54. The van der Waals surface area contributed by atoms with Gasteiger partial charge in [0.05, 0.1) is 11.0 Å². The van der Waals surface area contributed by atoms with Gasteiger partial charge in [0.15, 0.2) is 0 Å². The summed E-state index contributed by atoms with van der Waals surface area (Å²) >= 11 is 10.9. The second-order valence-corrected chi connectivity index (χ2v) is 4.78. The second-order valence-electron chi connectivity index (χ2n) is 3.87. The van der Waals surface area contributed by atoms with Crippen LogP contribution in [0.2, 0.25) is 5.02 Å². The number of likely N-dealkylation sites (N-methyl/N-ethyl adjacent to an activating group) is 1. The molecule has 0 heterocycles. The smallest absolute Gasteiger partial charge is 0.0901 e. The second kappa shape index (κ2) is 6.18. The summed E-state index contributed by atoms with van der Waals surface area (Å²) in [5.74, 6) is 0. The van der Waals surface area contributed by atoms with Crippen LogP contribution in [0.25, 0.3) is 0 Å². The van der Waals surface area contributed by atoms with Gasteiger partial charge in [0.25, 0.3) is 0 Å². The lowest BCUT2D eigenvalue weighted by Gasteiger charge is -2.26. The molecule has 2 N–H and O–H groups in total. The Bertz CT molecular complexity index is 351. The summed E-state index contributed by atoms with van der Waals surface area (Å²) in [6.07, 6.45) is 0.930. The van der Waals surface area contributed by atoms with Crippen molar-refractivity contribution in [3.63, 3.8) is 0 Å². The molecule has 0 aromatic heterocycles. The van der Waals surface area contributed by atoms with Crippen molar-refractivity contribution < 1.29 is 0 Å². The summed E-state index contributed by atoms with van der Waals surface area (Å²) in [4.78, 5) is 2.71. The van der Waals surface area contributed by atoms with Gasteiger partial charge in [-0.3, -0.25) is 4.90 Å². The molecule has 88 valence electrons. The van der Waals surface area contributed by atoms with Crippen LogP contribution in [0.3, 0.4) is 0 Å². The summed E-state index contributed by atoms with van der Waals surface area (Å²) < 4.78 is 0. The molecule has 0 aliphatic heterocycles. The zero-order valence-corrected chi connectivity index (χ0v) is 11.2. The average molecular weight is 257 g/mol. The van der Waals surface area contributed by atoms with Crippen LogP contribution in [0.4, 0.5) is 0 Å². The third kappa shape index (κ3) is 3.74. The highest BCUT2D eigenvalue weighted by Crippen LogP contribution is 2.13. The molecule has 0 aliphatic rings. The van der Waals surface area contributed by atoms with Gasteiger partial charge < -0.3 is 5.73 Å². The van der Waals surface area contributed by atoms with Crippen molar-refractivity contribution in [2.24, 2.45) is 5.73 Å². The lowest BCUT2D eigenvalue weighted by Crippen LogP contribution is -2.40. The summed E-state index contributed by atoms with van der Waals surface area (Å²) in [5, 5.41) is 0.757. The number of rotatable bonds is 5. The molecule has 16 heavy (non-hydrogen) atoms. The van der Waals surface area contributed by atoms with Gasteiger partial charge in [-0.05, 0) is 31.2 Å². The van der Waals surface area contributed by atoms with E-state index in [1.807, 2.05) is 31.3 Å². The summed E-state index contributed by atoms with van der Waals surface area (Å²) in [5.41, 5.74) is 6.90. The third-order valence-corrected chi connectivity index (χ3v) is 3.12. The summed E-state index contributed by atoms with van der Waals surface area (Å²) in [6, 6.07) is 7.99. The standard InChI is InChI=1S/C12H17ClN2S/c1-3-11(12(14)16)15(2)8-9-4-6-10(13)7-5-9/h4-7,11H,3,8H2,1-2H3,(H2,14,16). The Morgan fingerprint density at radius 1 is 1.44 bits per heavy atom. The minimum absolute atomic E-state index is 0.158. The van der Waals surface area contributed by atoms with Crippen LogP contribution < -0.4 is 5.73 Å². The fourth-order valence-electron chi connectivity index (χ4n) is 1.72. The van der Waals surface area contributed by atoms with Crippen molar-refractivity contribution in [3.05, 3.63) is 34.9 Å². The zero-order valence-electron chi connectivity index (χ0n) is 9.61. The molecule has 0 fully saturated rings. The minimum atomic E-state index is 0.158. The van der Waals surface area contributed by atoms with Gasteiger partial charge in [0.1, 0.15) is 0 Å². The highest BCUT2D eigenvalue weighted by atomic mass is 35.5. The van der Waals surface area contributed by atoms with Gasteiger partial charge in [-0.1, -0.05) is 42.9 Å². The fourth-order valence-corrected chi connectivity index (χ4v) is 2.19. The molecular formula is C12H17ClN2S. The molecular weight excluding hydrogens is 240 g/mol. The Hall–Kier alpha value is -0.640. The van der Waals surface area contributed by atoms with Crippen molar-refractivity contribution >= 4 is 28.8 Å². The normalized spacial score (nSPS) is 12.8. The molecule has 4 heteroatoms. The Labute approximate surface area is 107 Å². The molecule has 0 saturated heterocycles. The quantitative estimate of drug-likeness (QED) is 0.822. The third-order valence-electron chi connectivity index (χ3n) is 2.59. The van der Waals surface area contributed by atoms with Crippen molar-refractivity contribution in [2.75, 3.05) is 7.05 Å². The number of thiocarbonyl (C=S) groups is 1. The van der Waals surface area contributed by atoms with Crippen LogP contribution in [0, 0.1) is 0 Å². The van der Waals surface area contributed by atoms with E-state index in [4.69, 9.17) is 29.6 Å². The molecule has 0 amide bonds. The van der Waals surface area contributed by atoms with E-state index in [0.717, 1.165) is 18.0 Å². The molecule has 0 radical (unpaired) electrons. The van der Waals surface area contributed by atoms with Crippen molar-refractivity contribution in [1.82, 2.24) is 4.90 Å². The van der Waals surface area contributed by atoms with E-state index in [0.29, 0.717) is 4.99 Å². The van der Waals surface area contributed by atoms with Crippen molar-refractivity contribution in [1.29, 1.82) is 0 Å². The predicted molar refractivity (Wildman–Crippen MR) is 73.8 cm³/mol. The number of nitrogens with zero attached hydrogens (tertiary/aromatic N) is 1. The number of hydrogen-bond donors (Lipinski definition) is 1. The number of benzene rings is 1. The van der Waals surface area contributed by atoms with Gasteiger partial charge >= 0.3 is 0 Å². The lowest BCUT2D eigenvalue weighted by molar-refractivity contribution is 0.284. The maximum absolute atomic E-state index is 5.83. The topological polar surface area (TPSA) is 29.3 Å². The highest BCUT2D eigenvalue weighted by Gasteiger charge is 2.15. The molecule has 1 atom stereocenters. The molecule has 1 rings (SSSR count). The Balaban J connectivity index is 2.66. The van der Waals surface area contributed by atoms with Gasteiger partial charge in [-0.2, -0.15) is 0 Å². The van der Waals surface area contributed by atoms with Crippen molar-refractivity contribution in [2.45, 2.75) is 25.9 Å². The van der Waals surface area contributed by atoms with Gasteiger partial charge in [0, 0.05) is 11.6 Å². The van der Waals surface area contributed by atoms with Crippen molar-refractivity contribution in [3.8, 4) is 0 Å². The zero-order chi connectivity index (χ0) is 12.1. The van der Waals surface area contributed by atoms with E-state index in [2.05, 4.69) is 11.8 Å². The minimum Gasteiger partial charge on any atom is -0.392 e. The maximum Gasteiger partial charge on any atom is 0.0901 e. The fraction of sp³-hybridized carbons (Fsp3) is 0.417. The van der Waals surface area contributed by atoms with Crippen LogP contribution in [-0.2, 0) is 6.54 Å². The Morgan fingerprint density at radius 2 is 2.00 bits per heavy atom. The van der Waals surface area contributed by atoms with Gasteiger partial charge in [0.2, 0.25) is 0 Å². The SMILES string of the molecule is CCC(C(N)=S)N(C)Cc1ccc(Cl)cc1. The Morgan fingerprint density at radius 3 is 2.44 bits per heavy atom. The molecule has 0 aliphatic carbocycles. The highest BCUT2D eigenvalue weighted by molar-refractivity contribution is 7.80. The van der Waals surface area contributed by atoms with E-state index >= 15 is 0 Å². The molecule has 0 bridgehead atoms. The molecule has 0 saturated carbocycles. The van der Waals surface area contributed by atoms with Gasteiger partial charge in [-0.25, -0.2) is 0 Å². The first-order valence-electron chi connectivity index (χ1n) is 5.28. The molecule has 1 aromatic carbocycles. The van der Waals surface area contributed by atoms with Crippen LogP contribution >= 0.6 is 23.8 Å². The predicted octanol–water partition coefficient (Wildman–Crippen LogP) is 2.84. The molecule has 0 spiro atoms. The first kappa shape index (κ1) is 13.4. The summed E-state index contributed by atoms with van der Waals surface area (Å²) in [7, 11) is 2.03. The molecule has 1 unspecified atom stereocenters. The first-order valence-corrected chi connectivity index (χ1v) is 6.07.